The largest absolute Gasteiger partial charge is 1.00 e. The summed E-state index contributed by atoms with van der Waals surface area (Å²) in [5, 5.41) is 16.9. The van der Waals surface area contributed by atoms with E-state index in [9.17, 15) is 29.0 Å². The minimum Gasteiger partial charge on any atom is -0.778 e. The van der Waals surface area contributed by atoms with Gasteiger partial charge in [0.05, 0.1) is 11.8 Å². The van der Waals surface area contributed by atoms with Crippen molar-refractivity contribution in [3.05, 3.63) is 90.0 Å². The normalized spacial score (nSPS) is 21.7. The molecule has 0 aliphatic carbocycles. The summed E-state index contributed by atoms with van der Waals surface area (Å²) >= 11 is 0. The maximum absolute atomic E-state index is 12.9. The van der Waals surface area contributed by atoms with E-state index in [1.165, 1.54) is 0 Å². The third kappa shape index (κ3) is 7.62. The van der Waals surface area contributed by atoms with E-state index in [2.05, 4.69) is 10.6 Å². The fourth-order valence-corrected chi connectivity index (χ4v) is 5.84. The smallest absolute Gasteiger partial charge is 0.778 e. The predicted octanol–water partition coefficient (Wildman–Crippen LogP) is -0.0909. The van der Waals surface area contributed by atoms with Crippen LogP contribution in [0.3, 0.4) is 0 Å². The molecule has 3 aromatic rings. The van der Waals surface area contributed by atoms with Gasteiger partial charge in [0.15, 0.2) is 0 Å². The van der Waals surface area contributed by atoms with Gasteiger partial charge in [0.25, 0.3) is 0 Å². The molecule has 37 heavy (non-hydrogen) atoms. The Morgan fingerprint density at radius 2 is 1.76 bits per heavy atom. The molecule has 0 radical (unpaired) electrons. The average molecular weight is 530 g/mol. The number of rotatable bonds is 9. The summed E-state index contributed by atoms with van der Waals surface area (Å²) in [6, 6.07) is 20.6. The standard InChI is InChI=1S/C27H29N2O6P.Na/c30-25(28-24(27(31)32)16-18-8-2-1-3-9-18)23-17-21(26(29-23)36(33,34)35)14-7-13-20-12-6-11-19-10-4-5-15-22(19)20;/h1-13,15,21,23-24,26,29H,14,16-17H2,(H,28,30)(H,31,32)(H2,33,34,35);/q;+1/p-1/b13-7+;/t21-,23+,24+,26-;/m1./s1. The molecular weight excluding hydrogens is 502 g/mol. The van der Waals surface area contributed by atoms with Gasteiger partial charge < -0.3 is 24.8 Å². The zero-order valence-electron chi connectivity index (χ0n) is 20.5. The van der Waals surface area contributed by atoms with Gasteiger partial charge in [-0.05, 0) is 40.7 Å². The van der Waals surface area contributed by atoms with Crippen LogP contribution < -0.4 is 45.1 Å². The Bertz CT molecular complexity index is 1310. The molecule has 8 nitrogen and oxygen atoms in total. The number of allylic oxidation sites excluding steroid dienone is 1. The van der Waals surface area contributed by atoms with Crippen LogP contribution in [0.1, 0.15) is 24.0 Å². The van der Waals surface area contributed by atoms with E-state index in [1.54, 1.807) is 24.3 Å². The Balaban J connectivity index is 0.00000380. The Morgan fingerprint density at radius 3 is 2.46 bits per heavy atom. The average Bonchev–Trinajstić information content (AvgIpc) is 3.29. The molecule has 1 saturated heterocycles. The predicted molar refractivity (Wildman–Crippen MR) is 136 cm³/mol. The fourth-order valence-electron chi connectivity index (χ4n) is 4.70. The number of carboxylic acids is 1. The van der Waals surface area contributed by atoms with E-state index in [1.807, 2.05) is 60.7 Å². The van der Waals surface area contributed by atoms with Gasteiger partial charge in [-0.2, -0.15) is 0 Å². The third-order valence-corrected chi connectivity index (χ3v) is 7.76. The van der Waals surface area contributed by atoms with E-state index in [0.29, 0.717) is 6.42 Å². The second-order valence-electron chi connectivity index (χ2n) is 9.02. The van der Waals surface area contributed by atoms with Crippen molar-refractivity contribution in [3.63, 3.8) is 0 Å². The Hall–Kier alpha value is -2.29. The van der Waals surface area contributed by atoms with Crippen LogP contribution in [0.2, 0.25) is 0 Å². The van der Waals surface area contributed by atoms with Crippen LogP contribution in [0.5, 0.6) is 0 Å². The molecule has 10 heteroatoms. The minimum atomic E-state index is -4.80. The molecule has 1 heterocycles. The van der Waals surface area contributed by atoms with Crippen LogP contribution in [0.25, 0.3) is 16.8 Å². The first-order chi connectivity index (χ1) is 17.2. The van der Waals surface area contributed by atoms with Crippen molar-refractivity contribution in [2.45, 2.75) is 37.1 Å². The number of carboxylic acid groups (broad SMARTS) is 1. The van der Waals surface area contributed by atoms with E-state index in [-0.39, 0.29) is 42.4 Å². The molecule has 5 atom stereocenters. The van der Waals surface area contributed by atoms with Gasteiger partial charge in [-0.1, -0.05) is 84.9 Å². The van der Waals surface area contributed by atoms with E-state index in [4.69, 9.17) is 0 Å². The summed E-state index contributed by atoms with van der Waals surface area (Å²) in [4.78, 5) is 46.5. The van der Waals surface area contributed by atoms with E-state index in [0.717, 1.165) is 21.9 Å². The SMILES string of the molecule is O=C(O)[C@H](Cc1ccccc1)NC(=O)[C@@H]1C[C@@H](C/C=C/c2cccc3ccccc23)[C@@H](P(=O)([O-])O)N1.[Na+]. The molecule has 188 valence electrons. The van der Waals surface area contributed by atoms with Crippen molar-refractivity contribution in [2.75, 3.05) is 0 Å². The number of hydrogen-bond acceptors (Lipinski definition) is 5. The molecule has 0 bridgehead atoms. The summed E-state index contributed by atoms with van der Waals surface area (Å²) in [5.74, 6) is -3.66. The van der Waals surface area contributed by atoms with E-state index >= 15 is 0 Å². The molecule has 4 rings (SSSR count). The second kappa shape index (κ2) is 13.0. The molecular formula is C27H28N2NaO6P. The van der Waals surface area contributed by atoms with Gasteiger partial charge >= 0.3 is 35.5 Å². The summed E-state index contributed by atoms with van der Waals surface area (Å²) in [6.07, 6.45) is 4.28. The first-order valence-corrected chi connectivity index (χ1v) is 13.4. The fraction of sp³-hybridized carbons (Fsp3) is 0.259. The molecule has 0 aromatic heterocycles. The first-order valence-electron chi connectivity index (χ1n) is 11.7. The van der Waals surface area contributed by atoms with Gasteiger partial charge in [0.2, 0.25) is 5.91 Å². The number of hydrogen-bond donors (Lipinski definition) is 4. The number of carbonyl (C=O) groups is 2. The van der Waals surface area contributed by atoms with Gasteiger partial charge in [0.1, 0.15) is 13.6 Å². The van der Waals surface area contributed by atoms with Crippen LogP contribution in [0, 0.1) is 5.92 Å². The van der Waals surface area contributed by atoms with Crippen molar-refractivity contribution in [1.29, 1.82) is 0 Å². The molecule has 0 saturated carbocycles. The van der Waals surface area contributed by atoms with Gasteiger partial charge in [-0.3, -0.25) is 10.1 Å². The Labute approximate surface area is 237 Å². The molecule has 1 unspecified atom stereocenters. The summed E-state index contributed by atoms with van der Waals surface area (Å²) < 4.78 is 12.1. The Morgan fingerprint density at radius 1 is 1.08 bits per heavy atom. The van der Waals surface area contributed by atoms with Gasteiger partial charge in [-0.15, -0.1) is 0 Å². The number of benzene rings is 3. The zero-order valence-corrected chi connectivity index (χ0v) is 23.4. The van der Waals surface area contributed by atoms with Crippen molar-refractivity contribution >= 4 is 36.3 Å². The minimum absolute atomic E-state index is 0. The van der Waals surface area contributed by atoms with Crippen LogP contribution >= 0.6 is 7.60 Å². The molecule has 1 aliphatic heterocycles. The van der Waals surface area contributed by atoms with Crippen LogP contribution in [-0.4, -0.2) is 39.7 Å². The Kier molecular flexibility index (Phi) is 10.3. The van der Waals surface area contributed by atoms with Crippen molar-refractivity contribution in [2.24, 2.45) is 5.92 Å². The number of aliphatic carboxylic acids is 1. The second-order valence-corrected chi connectivity index (χ2v) is 10.7. The quantitative estimate of drug-likeness (QED) is 0.224. The van der Waals surface area contributed by atoms with Crippen molar-refractivity contribution in [1.82, 2.24) is 10.6 Å². The maximum atomic E-state index is 12.9. The maximum Gasteiger partial charge on any atom is 1.00 e. The van der Waals surface area contributed by atoms with Crippen molar-refractivity contribution in [3.8, 4) is 0 Å². The zero-order chi connectivity index (χ0) is 25.7. The van der Waals surface area contributed by atoms with Crippen LogP contribution in [-0.2, 0) is 20.6 Å². The molecule has 1 fully saturated rings. The molecule has 1 amide bonds. The van der Waals surface area contributed by atoms with E-state index < -0.39 is 43.3 Å². The monoisotopic (exact) mass is 530 g/mol. The van der Waals surface area contributed by atoms with Gasteiger partial charge in [0, 0.05) is 6.42 Å². The molecule has 3 aromatic carbocycles. The summed E-state index contributed by atoms with van der Waals surface area (Å²) in [7, 11) is -4.80. The molecule has 0 spiro atoms. The van der Waals surface area contributed by atoms with Crippen molar-refractivity contribution < 1.29 is 58.6 Å². The van der Waals surface area contributed by atoms with Crippen LogP contribution in [0.4, 0.5) is 0 Å². The van der Waals surface area contributed by atoms with Gasteiger partial charge in [-0.25, -0.2) is 4.79 Å². The number of amides is 1. The number of carbonyl (C=O) groups excluding carboxylic acids is 1. The number of fused-ring (bicyclic) bond motifs is 1. The summed E-state index contributed by atoms with van der Waals surface area (Å²) in [5.41, 5.74) is 1.72. The molecule has 4 N–H and O–H groups in total. The molecule has 1 aliphatic rings. The summed E-state index contributed by atoms with van der Waals surface area (Å²) in [6.45, 7) is 0. The number of nitrogens with one attached hydrogen (secondary N) is 2. The third-order valence-electron chi connectivity index (χ3n) is 6.48. The first kappa shape index (κ1) is 29.3. The van der Waals surface area contributed by atoms with Crippen LogP contribution in [0.15, 0.2) is 78.9 Å². The topological polar surface area (TPSA) is 139 Å².